The number of nitrogens with one attached hydrogen (secondary N) is 1. The molecule has 98 valence electrons. The fraction of sp³-hybridized carbons (Fsp3) is 0.0667. The van der Waals surface area contributed by atoms with Crippen LogP contribution in [0.5, 0.6) is 0 Å². The van der Waals surface area contributed by atoms with Crippen LogP contribution in [0.2, 0.25) is 0 Å². The minimum Gasteiger partial charge on any atom is -0.342 e. The summed E-state index contributed by atoms with van der Waals surface area (Å²) < 4.78 is 14.0. The van der Waals surface area contributed by atoms with Gasteiger partial charge in [-0.2, -0.15) is 5.26 Å². The summed E-state index contributed by atoms with van der Waals surface area (Å²) in [6.07, 6.45) is 0. The molecular weight excluding hydrogens is 273 g/mol. The Bertz CT molecular complexity index is 741. The van der Waals surface area contributed by atoms with Gasteiger partial charge in [0, 0.05) is 0 Å². The molecule has 0 saturated carbocycles. The van der Waals surface area contributed by atoms with E-state index in [1.807, 2.05) is 24.3 Å². The summed E-state index contributed by atoms with van der Waals surface area (Å²) in [4.78, 5) is 4.43. The average molecular weight is 283 g/mol. The largest absolute Gasteiger partial charge is 0.342 e. The van der Waals surface area contributed by atoms with Crippen molar-refractivity contribution in [2.75, 3.05) is 5.32 Å². The first-order valence-corrected chi connectivity index (χ1v) is 6.85. The molecule has 20 heavy (non-hydrogen) atoms. The van der Waals surface area contributed by atoms with Crippen molar-refractivity contribution in [1.29, 1.82) is 5.26 Å². The molecule has 1 N–H and O–H groups in total. The zero-order chi connectivity index (χ0) is 13.9. The Morgan fingerprint density at radius 3 is 2.60 bits per heavy atom. The normalized spacial score (nSPS) is 12.0. The first kappa shape index (κ1) is 12.6. The smallest absolute Gasteiger partial charge is 0.185 e. The first-order valence-electron chi connectivity index (χ1n) is 6.03. The molecule has 3 aromatic rings. The fourth-order valence-electron chi connectivity index (χ4n) is 1.90. The van der Waals surface area contributed by atoms with Gasteiger partial charge in [-0.25, -0.2) is 9.37 Å². The van der Waals surface area contributed by atoms with Crippen molar-refractivity contribution in [3.63, 3.8) is 0 Å². The van der Waals surface area contributed by atoms with Crippen molar-refractivity contribution in [3.8, 4) is 6.07 Å². The number of anilines is 1. The summed E-state index contributed by atoms with van der Waals surface area (Å²) in [7, 11) is 0. The minimum absolute atomic E-state index is 0.314. The molecule has 0 unspecified atom stereocenters. The van der Waals surface area contributed by atoms with Crippen LogP contribution < -0.4 is 5.32 Å². The van der Waals surface area contributed by atoms with Crippen molar-refractivity contribution < 1.29 is 4.39 Å². The van der Waals surface area contributed by atoms with Gasteiger partial charge >= 0.3 is 0 Å². The molecule has 1 atom stereocenters. The third kappa shape index (κ3) is 2.46. The van der Waals surface area contributed by atoms with E-state index in [1.54, 1.807) is 12.1 Å². The number of nitrogens with zero attached hydrogens (tertiary/aromatic N) is 2. The van der Waals surface area contributed by atoms with Crippen LogP contribution in [0.4, 0.5) is 9.52 Å². The lowest BCUT2D eigenvalue weighted by molar-refractivity contribution is 0.627. The highest BCUT2D eigenvalue weighted by molar-refractivity contribution is 7.22. The van der Waals surface area contributed by atoms with Crippen molar-refractivity contribution in [3.05, 3.63) is 59.9 Å². The number of thiazole rings is 1. The Hall–Kier alpha value is -2.45. The van der Waals surface area contributed by atoms with Crippen LogP contribution >= 0.6 is 11.3 Å². The molecule has 3 nitrogen and oxygen atoms in total. The topological polar surface area (TPSA) is 48.7 Å². The number of benzene rings is 2. The van der Waals surface area contributed by atoms with Gasteiger partial charge in [0.25, 0.3) is 0 Å². The van der Waals surface area contributed by atoms with Gasteiger partial charge in [0.15, 0.2) is 5.13 Å². The van der Waals surface area contributed by atoms with E-state index in [0.29, 0.717) is 10.7 Å². The summed E-state index contributed by atoms with van der Waals surface area (Å²) in [5, 5.41) is 13.0. The molecular formula is C15H10FN3S. The summed E-state index contributed by atoms with van der Waals surface area (Å²) >= 11 is 1.49. The Labute approximate surface area is 119 Å². The molecule has 1 aromatic heterocycles. The van der Waals surface area contributed by atoms with Gasteiger partial charge in [-0.15, -0.1) is 0 Å². The monoisotopic (exact) mass is 283 g/mol. The lowest BCUT2D eigenvalue weighted by atomic mass is 10.1. The zero-order valence-electron chi connectivity index (χ0n) is 10.4. The standard InChI is InChI=1S/C15H10FN3S/c16-11-7-5-10(6-8-11)13(9-17)19-15-18-12-3-1-2-4-14(12)20-15/h1-8,13H,(H,18,19)/t13-/m1/s1. The maximum Gasteiger partial charge on any atom is 0.185 e. The van der Waals surface area contributed by atoms with E-state index in [1.165, 1.54) is 23.5 Å². The molecule has 2 aromatic carbocycles. The van der Waals surface area contributed by atoms with Gasteiger partial charge in [0.05, 0.1) is 16.3 Å². The van der Waals surface area contributed by atoms with E-state index in [0.717, 1.165) is 10.2 Å². The van der Waals surface area contributed by atoms with Crippen molar-refractivity contribution in [2.24, 2.45) is 0 Å². The van der Waals surface area contributed by atoms with Gasteiger partial charge in [0.1, 0.15) is 11.9 Å². The summed E-state index contributed by atoms with van der Waals surface area (Å²) in [6, 6.07) is 15.3. The van der Waals surface area contributed by atoms with E-state index >= 15 is 0 Å². The van der Waals surface area contributed by atoms with Crippen LogP contribution in [0.3, 0.4) is 0 Å². The maximum atomic E-state index is 12.9. The Kier molecular flexibility index (Phi) is 3.32. The predicted octanol–water partition coefficient (Wildman–Crippen LogP) is 4.11. The summed E-state index contributed by atoms with van der Waals surface area (Å²) in [6.45, 7) is 0. The van der Waals surface area contributed by atoms with Crippen molar-refractivity contribution in [2.45, 2.75) is 6.04 Å². The number of hydrogen-bond acceptors (Lipinski definition) is 4. The first-order chi connectivity index (χ1) is 9.76. The van der Waals surface area contributed by atoms with Gasteiger partial charge in [0.2, 0.25) is 0 Å². The van der Waals surface area contributed by atoms with Gasteiger partial charge in [-0.05, 0) is 29.8 Å². The number of halogens is 1. The molecule has 0 aliphatic carbocycles. The molecule has 3 rings (SSSR count). The van der Waals surface area contributed by atoms with E-state index in [9.17, 15) is 9.65 Å². The quantitative estimate of drug-likeness (QED) is 0.786. The Morgan fingerprint density at radius 1 is 1.15 bits per heavy atom. The third-order valence-electron chi connectivity index (χ3n) is 2.89. The Balaban J connectivity index is 1.88. The highest BCUT2D eigenvalue weighted by Gasteiger charge is 2.12. The second-order valence-corrected chi connectivity index (χ2v) is 5.28. The average Bonchev–Trinajstić information content (AvgIpc) is 2.88. The number of fused-ring (bicyclic) bond motifs is 1. The van der Waals surface area contributed by atoms with Crippen molar-refractivity contribution in [1.82, 2.24) is 4.98 Å². The number of aromatic nitrogens is 1. The van der Waals surface area contributed by atoms with E-state index in [-0.39, 0.29) is 5.82 Å². The van der Waals surface area contributed by atoms with Crippen LogP contribution in [0.15, 0.2) is 48.5 Å². The molecule has 5 heteroatoms. The predicted molar refractivity (Wildman–Crippen MR) is 78.0 cm³/mol. The number of hydrogen-bond donors (Lipinski definition) is 1. The van der Waals surface area contributed by atoms with Crippen LogP contribution in [0.25, 0.3) is 10.2 Å². The highest BCUT2D eigenvalue weighted by Crippen LogP contribution is 2.28. The lowest BCUT2D eigenvalue weighted by Crippen LogP contribution is -2.08. The number of nitriles is 1. The van der Waals surface area contributed by atoms with Crippen molar-refractivity contribution >= 4 is 26.7 Å². The lowest BCUT2D eigenvalue weighted by Gasteiger charge is -2.10. The molecule has 0 aliphatic heterocycles. The molecule has 1 heterocycles. The van der Waals surface area contributed by atoms with E-state index in [4.69, 9.17) is 0 Å². The van der Waals surface area contributed by atoms with E-state index < -0.39 is 6.04 Å². The SMILES string of the molecule is N#C[C@@H](Nc1nc2ccccc2s1)c1ccc(F)cc1. The Morgan fingerprint density at radius 2 is 1.90 bits per heavy atom. The molecule has 0 bridgehead atoms. The molecule has 0 fully saturated rings. The molecule has 0 spiro atoms. The second-order valence-electron chi connectivity index (χ2n) is 4.24. The minimum atomic E-state index is -0.545. The van der Waals surface area contributed by atoms with Gasteiger partial charge < -0.3 is 5.32 Å². The molecule has 0 saturated heterocycles. The second kappa shape index (κ2) is 5.27. The molecule has 0 aliphatic rings. The van der Waals surface area contributed by atoms with Crippen LogP contribution in [-0.2, 0) is 0 Å². The molecule has 0 amide bonds. The zero-order valence-corrected chi connectivity index (χ0v) is 11.2. The third-order valence-corrected chi connectivity index (χ3v) is 3.86. The van der Waals surface area contributed by atoms with E-state index in [2.05, 4.69) is 16.4 Å². The summed E-state index contributed by atoms with van der Waals surface area (Å²) in [5.74, 6) is -0.314. The fourth-order valence-corrected chi connectivity index (χ4v) is 2.80. The molecule has 0 radical (unpaired) electrons. The maximum absolute atomic E-state index is 12.9. The number of para-hydroxylation sites is 1. The summed E-state index contributed by atoms with van der Waals surface area (Å²) in [5.41, 5.74) is 1.61. The van der Waals surface area contributed by atoms with Gasteiger partial charge in [-0.1, -0.05) is 35.6 Å². The van der Waals surface area contributed by atoms with Crippen LogP contribution in [0.1, 0.15) is 11.6 Å². The highest BCUT2D eigenvalue weighted by atomic mass is 32.1. The van der Waals surface area contributed by atoms with Gasteiger partial charge in [-0.3, -0.25) is 0 Å². The van der Waals surface area contributed by atoms with Crippen LogP contribution in [-0.4, -0.2) is 4.98 Å². The number of rotatable bonds is 3. The van der Waals surface area contributed by atoms with Crippen LogP contribution in [0, 0.1) is 17.1 Å².